The van der Waals surface area contributed by atoms with Gasteiger partial charge in [-0.05, 0) is 42.0 Å². The van der Waals surface area contributed by atoms with Gasteiger partial charge in [0, 0.05) is 10.6 Å². The van der Waals surface area contributed by atoms with Gasteiger partial charge < -0.3 is 0 Å². The minimum Gasteiger partial charge on any atom is -0.292 e. The lowest BCUT2D eigenvalue weighted by atomic mass is 10.1. The third-order valence-electron chi connectivity index (χ3n) is 4.78. The number of halogens is 1. The van der Waals surface area contributed by atoms with Crippen molar-refractivity contribution in [3.05, 3.63) is 116 Å². The van der Waals surface area contributed by atoms with Crippen molar-refractivity contribution in [2.75, 3.05) is 0 Å². The van der Waals surface area contributed by atoms with E-state index in [0.29, 0.717) is 21.5 Å². The van der Waals surface area contributed by atoms with Gasteiger partial charge in [0.15, 0.2) is 5.78 Å². The van der Waals surface area contributed by atoms with Gasteiger partial charge in [0.1, 0.15) is 0 Å². The highest BCUT2D eigenvalue weighted by molar-refractivity contribution is 6.30. The molecule has 0 spiro atoms. The first kappa shape index (κ1) is 18.9. The fourth-order valence-electron chi connectivity index (χ4n) is 3.30. The van der Waals surface area contributed by atoms with E-state index in [9.17, 15) is 14.4 Å². The van der Waals surface area contributed by atoms with E-state index in [1.165, 1.54) is 9.13 Å². The smallest absolute Gasteiger partial charge is 0.292 e. The van der Waals surface area contributed by atoms with Gasteiger partial charge in [0.2, 0.25) is 0 Å². The molecule has 1 heterocycles. The number of nitrogens with zero attached hydrogens (tertiary/aromatic N) is 2. The minimum atomic E-state index is -0.514. The van der Waals surface area contributed by atoms with Crippen LogP contribution in [-0.4, -0.2) is 14.9 Å². The predicted molar refractivity (Wildman–Crippen MR) is 114 cm³/mol. The summed E-state index contributed by atoms with van der Waals surface area (Å²) in [6, 6.07) is 22.6. The van der Waals surface area contributed by atoms with Crippen LogP contribution in [0, 0.1) is 0 Å². The van der Waals surface area contributed by atoms with Gasteiger partial charge in [0.25, 0.3) is 5.56 Å². The van der Waals surface area contributed by atoms with Gasteiger partial charge in [-0.25, -0.2) is 4.79 Å². The first-order valence-electron chi connectivity index (χ1n) is 9.09. The van der Waals surface area contributed by atoms with E-state index in [1.54, 1.807) is 48.5 Å². The Kier molecular flexibility index (Phi) is 5.14. The highest BCUT2D eigenvalue weighted by Crippen LogP contribution is 2.13. The minimum absolute atomic E-state index is 0.137. The molecule has 0 saturated heterocycles. The molecular formula is C23H17ClN2O3. The molecule has 4 aromatic rings. The molecule has 0 saturated carbocycles. The summed E-state index contributed by atoms with van der Waals surface area (Å²) in [4.78, 5) is 38.9. The first-order chi connectivity index (χ1) is 14.0. The van der Waals surface area contributed by atoms with Crippen LogP contribution in [0.1, 0.15) is 15.9 Å². The van der Waals surface area contributed by atoms with Crippen LogP contribution in [0.25, 0.3) is 10.9 Å². The second-order valence-electron chi connectivity index (χ2n) is 6.69. The molecule has 4 rings (SSSR count). The van der Waals surface area contributed by atoms with Crippen LogP contribution in [0.15, 0.2) is 88.5 Å². The number of hydrogen-bond donors (Lipinski definition) is 0. The summed E-state index contributed by atoms with van der Waals surface area (Å²) in [7, 11) is 0. The Morgan fingerprint density at radius 3 is 2.17 bits per heavy atom. The van der Waals surface area contributed by atoms with Gasteiger partial charge in [-0.3, -0.25) is 18.7 Å². The second kappa shape index (κ2) is 7.89. The van der Waals surface area contributed by atoms with Crippen LogP contribution in [0.5, 0.6) is 0 Å². The second-order valence-corrected chi connectivity index (χ2v) is 7.13. The number of hydrogen-bond acceptors (Lipinski definition) is 3. The van der Waals surface area contributed by atoms with E-state index in [-0.39, 0.29) is 24.4 Å². The van der Waals surface area contributed by atoms with E-state index >= 15 is 0 Å². The van der Waals surface area contributed by atoms with E-state index in [0.717, 1.165) is 5.56 Å². The average Bonchev–Trinajstić information content (AvgIpc) is 2.75. The van der Waals surface area contributed by atoms with Crippen molar-refractivity contribution in [1.29, 1.82) is 0 Å². The number of carbonyl (C=O) groups excluding carboxylic acids is 1. The molecule has 0 fully saturated rings. The van der Waals surface area contributed by atoms with E-state index in [2.05, 4.69) is 0 Å². The Labute approximate surface area is 171 Å². The Morgan fingerprint density at radius 2 is 1.45 bits per heavy atom. The maximum atomic E-state index is 13.2. The van der Waals surface area contributed by atoms with Crippen LogP contribution >= 0.6 is 11.6 Å². The number of para-hydroxylation sites is 1. The lowest BCUT2D eigenvalue weighted by molar-refractivity contribution is 0.0971. The molecular weight excluding hydrogens is 388 g/mol. The van der Waals surface area contributed by atoms with E-state index in [4.69, 9.17) is 11.6 Å². The van der Waals surface area contributed by atoms with Gasteiger partial charge in [-0.1, -0.05) is 54.1 Å². The third kappa shape index (κ3) is 3.77. The fraction of sp³-hybridized carbons (Fsp3) is 0.0870. The third-order valence-corrected chi connectivity index (χ3v) is 5.04. The lowest BCUT2D eigenvalue weighted by Crippen LogP contribution is -2.41. The number of aromatic nitrogens is 2. The van der Waals surface area contributed by atoms with Crippen molar-refractivity contribution in [3.63, 3.8) is 0 Å². The number of ketones is 1. The monoisotopic (exact) mass is 404 g/mol. The first-order valence-corrected chi connectivity index (χ1v) is 9.47. The summed E-state index contributed by atoms with van der Waals surface area (Å²) in [5.41, 5.74) is 0.836. The zero-order valence-corrected chi connectivity index (χ0v) is 16.2. The highest BCUT2D eigenvalue weighted by atomic mass is 35.5. The van der Waals surface area contributed by atoms with Gasteiger partial charge in [-0.15, -0.1) is 0 Å². The fourth-order valence-corrected chi connectivity index (χ4v) is 3.43. The van der Waals surface area contributed by atoms with Crippen molar-refractivity contribution in [3.8, 4) is 0 Å². The number of Topliss-reactive ketones (excluding diaryl/α,β-unsaturated/α-hetero) is 1. The maximum Gasteiger partial charge on any atom is 0.332 e. The summed E-state index contributed by atoms with van der Waals surface area (Å²) in [6.45, 7) is -0.0332. The van der Waals surface area contributed by atoms with Crippen LogP contribution < -0.4 is 11.2 Å². The quantitative estimate of drug-likeness (QED) is 0.476. The molecule has 3 aromatic carbocycles. The zero-order chi connectivity index (χ0) is 20.4. The van der Waals surface area contributed by atoms with Crippen molar-refractivity contribution >= 4 is 28.3 Å². The summed E-state index contributed by atoms with van der Waals surface area (Å²) in [6.07, 6.45) is 0. The van der Waals surface area contributed by atoms with E-state index in [1.807, 2.05) is 30.3 Å². The van der Waals surface area contributed by atoms with Crippen molar-refractivity contribution in [1.82, 2.24) is 9.13 Å². The maximum absolute atomic E-state index is 13.2. The molecule has 0 unspecified atom stereocenters. The molecule has 0 aliphatic heterocycles. The van der Waals surface area contributed by atoms with Crippen LogP contribution in [0.2, 0.25) is 5.02 Å². The van der Waals surface area contributed by atoms with Gasteiger partial charge in [0.05, 0.1) is 24.0 Å². The normalized spacial score (nSPS) is 10.9. The van der Waals surface area contributed by atoms with Crippen molar-refractivity contribution < 1.29 is 4.79 Å². The number of rotatable bonds is 5. The highest BCUT2D eigenvalue weighted by Gasteiger charge is 2.16. The number of fused-ring (bicyclic) bond motifs is 1. The molecule has 0 amide bonds. The lowest BCUT2D eigenvalue weighted by Gasteiger charge is -2.14. The molecule has 1 aromatic heterocycles. The number of benzene rings is 3. The summed E-state index contributed by atoms with van der Waals surface area (Å²) in [5, 5.41) is 0.924. The average molecular weight is 405 g/mol. The topological polar surface area (TPSA) is 61.1 Å². The Morgan fingerprint density at radius 1 is 0.793 bits per heavy atom. The SMILES string of the molecule is O=C(Cn1c(=O)n(Cc2ccccc2)c(=O)c2ccccc21)c1ccc(Cl)cc1. The molecule has 0 atom stereocenters. The summed E-state index contributed by atoms with van der Waals surface area (Å²) >= 11 is 5.89. The Bertz CT molecular complexity index is 1310. The Balaban J connectivity index is 1.84. The van der Waals surface area contributed by atoms with Crippen molar-refractivity contribution in [2.24, 2.45) is 0 Å². The van der Waals surface area contributed by atoms with Crippen LogP contribution in [0.3, 0.4) is 0 Å². The van der Waals surface area contributed by atoms with E-state index < -0.39 is 5.69 Å². The molecule has 144 valence electrons. The summed E-state index contributed by atoms with van der Waals surface area (Å²) < 4.78 is 2.53. The molecule has 29 heavy (non-hydrogen) atoms. The van der Waals surface area contributed by atoms with Gasteiger partial charge in [-0.2, -0.15) is 0 Å². The summed E-state index contributed by atoms with van der Waals surface area (Å²) in [5.74, 6) is -0.237. The molecule has 5 nitrogen and oxygen atoms in total. The zero-order valence-electron chi connectivity index (χ0n) is 15.4. The predicted octanol–water partition coefficient (Wildman–Crippen LogP) is 3.75. The molecule has 0 aliphatic carbocycles. The molecule has 0 aliphatic rings. The standard InChI is InChI=1S/C23H17ClN2O3/c24-18-12-10-17(11-13-18)21(27)15-25-20-9-5-4-8-19(20)22(28)26(23(25)29)14-16-6-2-1-3-7-16/h1-13H,14-15H2. The van der Waals surface area contributed by atoms with Crippen molar-refractivity contribution in [2.45, 2.75) is 13.1 Å². The van der Waals surface area contributed by atoms with Crippen LogP contribution in [-0.2, 0) is 13.1 Å². The van der Waals surface area contributed by atoms with Crippen LogP contribution in [0.4, 0.5) is 0 Å². The largest absolute Gasteiger partial charge is 0.332 e. The molecule has 0 radical (unpaired) electrons. The number of carbonyl (C=O) groups is 1. The molecule has 0 bridgehead atoms. The Hall–Kier alpha value is -3.44. The van der Waals surface area contributed by atoms with Gasteiger partial charge >= 0.3 is 5.69 Å². The molecule has 6 heteroatoms. The molecule has 0 N–H and O–H groups in total.